The maximum Gasteiger partial charge on any atom is 0.170 e. The molecule has 1 aliphatic rings. The Kier molecular flexibility index (Phi) is 4.20. The zero-order chi connectivity index (χ0) is 15.5. The lowest BCUT2D eigenvalue weighted by Gasteiger charge is -2.31. The van der Waals surface area contributed by atoms with Crippen molar-refractivity contribution in [3.8, 4) is 22.8 Å². The van der Waals surface area contributed by atoms with E-state index in [1.165, 1.54) is 0 Å². The molecule has 1 fully saturated rings. The molecule has 118 valence electrons. The minimum absolute atomic E-state index is 0.161. The molecule has 2 aromatic rings. The van der Waals surface area contributed by atoms with Crippen LogP contribution in [0.5, 0.6) is 11.5 Å². The molecule has 0 aliphatic carbocycles. The lowest BCUT2D eigenvalue weighted by Crippen LogP contribution is -2.38. The van der Waals surface area contributed by atoms with Crippen molar-refractivity contribution in [2.24, 2.45) is 0 Å². The average molecular weight is 302 g/mol. The van der Waals surface area contributed by atoms with Crippen LogP contribution in [0.2, 0.25) is 0 Å². The van der Waals surface area contributed by atoms with Crippen molar-refractivity contribution < 1.29 is 9.47 Å². The van der Waals surface area contributed by atoms with Crippen molar-refractivity contribution in [3.63, 3.8) is 0 Å². The molecule has 3 rings (SSSR count). The minimum atomic E-state index is 0.161. The molecule has 1 saturated heterocycles. The Morgan fingerprint density at radius 3 is 2.95 bits per heavy atom. The summed E-state index contributed by atoms with van der Waals surface area (Å²) in [5, 5.41) is 6.94. The number of methoxy groups -OCH3 is 1. The summed E-state index contributed by atoms with van der Waals surface area (Å²) in [6.45, 7) is 2.04. The Morgan fingerprint density at radius 1 is 1.41 bits per heavy atom. The number of nitrogens with zero attached hydrogens (tertiary/aromatic N) is 2. The summed E-state index contributed by atoms with van der Waals surface area (Å²) in [4.78, 5) is 2.29. The van der Waals surface area contributed by atoms with E-state index in [0.29, 0.717) is 5.82 Å². The molecule has 6 heteroatoms. The zero-order valence-corrected chi connectivity index (χ0v) is 13.0. The van der Waals surface area contributed by atoms with Crippen molar-refractivity contribution >= 4 is 5.82 Å². The van der Waals surface area contributed by atoms with Gasteiger partial charge in [0.2, 0.25) is 0 Å². The highest BCUT2D eigenvalue weighted by Crippen LogP contribution is 2.39. The van der Waals surface area contributed by atoms with E-state index >= 15 is 0 Å². The van der Waals surface area contributed by atoms with E-state index in [4.69, 9.17) is 15.2 Å². The van der Waals surface area contributed by atoms with Crippen molar-refractivity contribution in [3.05, 3.63) is 24.3 Å². The first-order chi connectivity index (χ1) is 10.7. The number of para-hydroxylation sites is 1. The quantitative estimate of drug-likeness (QED) is 0.905. The molecule has 3 N–H and O–H groups in total. The van der Waals surface area contributed by atoms with Crippen LogP contribution in [-0.4, -0.2) is 48.4 Å². The molecule has 0 bridgehead atoms. The van der Waals surface area contributed by atoms with E-state index in [-0.39, 0.29) is 6.10 Å². The van der Waals surface area contributed by atoms with Gasteiger partial charge in [-0.1, -0.05) is 6.07 Å². The molecular formula is C16H22N4O2. The zero-order valence-electron chi connectivity index (χ0n) is 13.0. The molecule has 1 atom stereocenters. The number of likely N-dealkylation sites (N-methyl/N-ethyl adjacent to an activating group) is 1. The van der Waals surface area contributed by atoms with Crippen molar-refractivity contribution in [2.45, 2.75) is 18.9 Å². The lowest BCUT2D eigenvalue weighted by atomic mass is 10.1. The fourth-order valence-electron chi connectivity index (χ4n) is 2.87. The van der Waals surface area contributed by atoms with Gasteiger partial charge in [-0.05, 0) is 38.6 Å². The molecule has 1 aromatic carbocycles. The van der Waals surface area contributed by atoms with Crippen molar-refractivity contribution in [1.29, 1.82) is 0 Å². The Labute approximate surface area is 130 Å². The number of nitrogen functional groups attached to an aromatic ring is 1. The van der Waals surface area contributed by atoms with Crippen LogP contribution in [0.1, 0.15) is 12.8 Å². The Balaban J connectivity index is 1.93. The van der Waals surface area contributed by atoms with Gasteiger partial charge in [0.15, 0.2) is 11.5 Å². The Hall–Kier alpha value is -2.21. The van der Waals surface area contributed by atoms with E-state index in [0.717, 1.165) is 48.7 Å². The Bertz CT molecular complexity index is 641. The van der Waals surface area contributed by atoms with E-state index < -0.39 is 0 Å². The molecule has 2 heterocycles. The van der Waals surface area contributed by atoms with Crippen LogP contribution in [0.15, 0.2) is 24.3 Å². The van der Waals surface area contributed by atoms with Crippen LogP contribution in [-0.2, 0) is 0 Å². The number of hydrogen-bond acceptors (Lipinski definition) is 5. The molecule has 1 aliphatic heterocycles. The predicted octanol–water partition coefficient (Wildman–Crippen LogP) is 2.14. The summed E-state index contributed by atoms with van der Waals surface area (Å²) in [6, 6.07) is 7.63. The van der Waals surface area contributed by atoms with Crippen LogP contribution in [0.25, 0.3) is 11.3 Å². The van der Waals surface area contributed by atoms with E-state index in [2.05, 4.69) is 22.1 Å². The first-order valence-corrected chi connectivity index (χ1v) is 7.51. The summed E-state index contributed by atoms with van der Waals surface area (Å²) >= 11 is 0. The molecule has 0 amide bonds. The number of benzene rings is 1. The smallest absolute Gasteiger partial charge is 0.170 e. The minimum Gasteiger partial charge on any atom is -0.493 e. The number of hydrogen-bond donors (Lipinski definition) is 2. The molecule has 1 unspecified atom stereocenters. The SMILES string of the molecule is COc1cccc(-c2cc(N)n[nH]2)c1OC1CCCN(C)C1. The fourth-order valence-corrected chi connectivity index (χ4v) is 2.87. The average Bonchev–Trinajstić information content (AvgIpc) is 2.94. The van der Waals surface area contributed by atoms with E-state index in [1.54, 1.807) is 13.2 Å². The summed E-state index contributed by atoms with van der Waals surface area (Å²) < 4.78 is 11.8. The highest BCUT2D eigenvalue weighted by atomic mass is 16.5. The van der Waals surface area contributed by atoms with Crippen molar-refractivity contribution in [2.75, 3.05) is 33.0 Å². The van der Waals surface area contributed by atoms with Crippen LogP contribution in [0, 0.1) is 0 Å². The third kappa shape index (κ3) is 3.01. The molecule has 0 spiro atoms. The van der Waals surface area contributed by atoms with Gasteiger partial charge < -0.3 is 20.1 Å². The third-order valence-corrected chi connectivity index (χ3v) is 3.95. The number of nitrogens with two attached hydrogens (primary N) is 1. The summed E-state index contributed by atoms with van der Waals surface area (Å²) in [5.74, 6) is 1.93. The predicted molar refractivity (Wildman–Crippen MR) is 86.1 cm³/mol. The van der Waals surface area contributed by atoms with Gasteiger partial charge in [0.25, 0.3) is 0 Å². The number of aromatic nitrogens is 2. The van der Waals surface area contributed by atoms with Crippen LogP contribution >= 0.6 is 0 Å². The van der Waals surface area contributed by atoms with Crippen LogP contribution in [0.3, 0.4) is 0 Å². The summed E-state index contributed by atoms with van der Waals surface area (Å²) in [6.07, 6.45) is 2.35. The number of piperidine rings is 1. The van der Waals surface area contributed by atoms with Crippen molar-refractivity contribution in [1.82, 2.24) is 15.1 Å². The molecular weight excluding hydrogens is 280 g/mol. The van der Waals surface area contributed by atoms with Gasteiger partial charge in [0.05, 0.1) is 12.8 Å². The topological polar surface area (TPSA) is 76.4 Å². The highest BCUT2D eigenvalue weighted by Gasteiger charge is 2.22. The lowest BCUT2D eigenvalue weighted by molar-refractivity contribution is 0.102. The number of anilines is 1. The number of rotatable bonds is 4. The van der Waals surface area contributed by atoms with Crippen LogP contribution in [0.4, 0.5) is 5.82 Å². The fraction of sp³-hybridized carbons (Fsp3) is 0.438. The van der Waals surface area contributed by atoms with Gasteiger partial charge in [0.1, 0.15) is 11.9 Å². The van der Waals surface area contributed by atoms with Gasteiger partial charge >= 0.3 is 0 Å². The number of aromatic amines is 1. The van der Waals surface area contributed by atoms with E-state index in [9.17, 15) is 0 Å². The second kappa shape index (κ2) is 6.27. The maximum atomic E-state index is 6.29. The normalized spacial score (nSPS) is 19.1. The van der Waals surface area contributed by atoms with Gasteiger partial charge in [0, 0.05) is 18.2 Å². The summed E-state index contributed by atoms with van der Waals surface area (Å²) in [5.41, 5.74) is 7.46. The number of likely N-dealkylation sites (tertiary alicyclic amines) is 1. The summed E-state index contributed by atoms with van der Waals surface area (Å²) in [7, 11) is 3.77. The van der Waals surface area contributed by atoms with Crippen LogP contribution < -0.4 is 15.2 Å². The highest BCUT2D eigenvalue weighted by molar-refractivity contribution is 5.72. The molecule has 0 saturated carbocycles. The Morgan fingerprint density at radius 2 is 2.27 bits per heavy atom. The molecule has 0 radical (unpaired) electrons. The molecule has 1 aromatic heterocycles. The van der Waals surface area contributed by atoms with E-state index in [1.807, 2.05) is 18.2 Å². The number of nitrogens with one attached hydrogen (secondary N) is 1. The second-order valence-electron chi connectivity index (χ2n) is 5.69. The largest absolute Gasteiger partial charge is 0.493 e. The third-order valence-electron chi connectivity index (χ3n) is 3.95. The number of ether oxygens (including phenoxy) is 2. The van der Waals surface area contributed by atoms with Gasteiger partial charge in [-0.2, -0.15) is 5.10 Å². The number of H-pyrrole nitrogens is 1. The molecule has 6 nitrogen and oxygen atoms in total. The maximum absolute atomic E-state index is 6.29. The first kappa shape index (κ1) is 14.7. The second-order valence-corrected chi connectivity index (χ2v) is 5.69. The van der Waals surface area contributed by atoms with Gasteiger partial charge in [-0.25, -0.2) is 0 Å². The monoisotopic (exact) mass is 302 g/mol. The standard InChI is InChI=1S/C16H22N4O2/c1-20-8-4-5-11(10-20)22-16-12(6-3-7-14(16)21-2)13-9-15(17)19-18-13/h3,6-7,9,11H,4-5,8,10H2,1-2H3,(H3,17,18,19). The van der Waals surface area contributed by atoms with Gasteiger partial charge in [-0.15, -0.1) is 0 Å². The van der Waals surface area contributed by atoms with Gasteiger partial charge in [-0.3, -0.25) is 5.10 Å². The molecule has 22 heavy (non-hydrogen) atoms. The first-order valence-electron chi connectivity index (χ1n) is 7.51.